The predicted molar refractivity (Wildman–Crippen MR) is 51.6 cm³/mol. The molecule has 78 valence electrons. The summed E-state index contributed by atoms with van der Waals surface area (Å²) in [4.78, 5) is 10.3. The van der Waals surface area contributed by atoms with E-state index in [4.69, 9.17) is 10.2 Å². The first-order valence-electron chi connectivity index (χ1n) is 5.03. The van der Waals surface area contributed by atoms with E-state index in [2.05, 4.69) is 6.92 Å². The van der Waals surface area contributed by atoms with Crippen molar-refractivity contribution in [2.24, 2.45) is 5.92 Å². The van der Waals surface area contributed by atoms with Crippen molar-refractivity contribution in [3.05, 3.63) is 0 Å². The van der Waals surface area contributed by atoms with Gasteiger partial charge >= 0.3 is 5.97 Å². The van der Waals surface area contributed by atoms with Gasteiger partial charge in [-0.05, 0) is 12.3 Å². The molecule has 0 rings (SSSR count). The van der Waals surface area contributed by atoms with Crippen molar-refractivity contribution in [3.63, 3.8) is 0 Å². The van der Waals surface area contributed by atoms with Gasteiger partial charge in [0, 0.05) is 6.61 Å². The molecule has 0 fully saturated rings. The first-order chi connectivity index (χ1) is 6.20. The Morgan fingerprint density at radius 2 is 2.00 bits per heavy atom. The third-order valence-corrected chi connectivity index (χ3v) is 2.19. The molecule has 0 spiro atoms. The highest BCUT2D eigenvalue weighted by atomic mass is 16.4. The maximum Gasteiger partial charge on any atom is 0.303 e. The summed E-state index contributed by atoms with van der Waals surface area (Å²) in [5, 5.41) is 17.4. The maximum atomic E-state index is 10.3. The lowest BCUT2D eigenvalue weighted by Gasteiger charge is -2.10. The summed E-state index contributed by atoms with van der Waals surface area (Å²) in [6.07, 6.45) is 5.50. The Bertz CT molecular complexity index is 134. The van der Waals surface area contributed by atoms with E-state index in [1.807, 2.05) is 0 Å². The van der Waals surface area contributed by atoms with Gasteiger partial charge in [0.15, 0.2) is 0 Å². The molecule has 0 heterocycles. The van der Waals surface area contributed by atoms with E-state index in [0.717, 1.165) is 19.3 Å². The fourth-order valence-corrected chi connectivity index (χ4v) is 1.36. The van der Waals surface area contributed by atoms with E-state index in [1.165, 1.54) is 12.8 Å². The quantitative estimate of drug-likeness (QED) is 0.573. The van der Waals surface area contributed by atoms with Gasteiger partial charge in [0.25, 0.3) is 0 Å². The fourth-order valence-electron chi connectivity index (χ4n) is 1.36. The van der Waals surface area contributed by atoms with Crippen LogP contribution in [-0.4, -0.2) is 22.8 Å². The van der Waals surface area contributed by atoms with Gasteiger partial charge in [-0.15, -0.1) is 0 Å². The summed E-state index contributed by atoms with van der Waals surface area (Å²) >= 11 is 0. The second-order valence-electron chi connectivity index (χ2n) is 3.50. The van der Waals surface area contributed by atoms with E-state index in [1.54, 1.807) is 0 Å². The number of hydrogen-bond donors (Lipinski definition) is 2. The third-order valence-electron chi connectivity index (χ3n) is 2.19. The summed E-state index contributed by atoms with van der Waals surface area (Å²) in [5.41, 5.74) is 0. The molecule has 0 amide bonds. The number of hydrogen-bond acceptors (Lipinski definition) is 2. The number of aliphatic hydroxyl groups is 1. The average Bonchev–Trinajstić information content (AvgIpc) is 2.09. The highest BCUT2D eigenvalue weighted by molar-refractivity contribution is 5.66. The molecule has 0 aliphatic carbocycles. The molecule has 0 radical (unpaired) electrons. The van der Waals surface area contributed by atoms with Crippen LogP contribution in [-0.2, 0) is 4.79 Å². The van der Waals surface area contributed by atoms with Gasteiger partial charge in [-0.3, -0.25) is 4.79 Å². The molecule has 0 aliphatic heterocycles. The van der Waals surface area contributed by atoms with Crippen LogP contribution >= 0.6 is 0 Å². The lowest BCUT2D eigenvalue weighted by atomic mass is 9.98. The van der Waals surface area contributed by atoms with Crippen molar-refractivity contribution < 1.29 is 15.0 Å². The minimum absolute atomic E-state index is 0.00156. The predicted octanol–water partition coefficient (Wildman–Crippen LogP) is 2.04. The van der Waals surface area contributed by atoms with Gasteiger partial charge in [-0.25, -0.2) is 0 Å². The number of carboxylic acid groups (broad SMARTS) is 1. The molecule has 2 N–H and O–H groups in total. The van der Waals surface area contributed by atoms with Crippen molar-refractivity contribution in [1.29, 1.82) is 0 Å². The minimum atomic E-state index is -0.811. The highest BCUT2D eigenvalue weighted by Crippen LogP contribution is 2.13. The van der Waals surface area contributed by atoms with Gasteiger partial charge in [0.2, 0.25) is 0 Å². The standard InChI is InChI=1S/C10H20O3/c1-2-3-4-5-6-9(8-11)7-10(12)13/h9,11H,2-8H2,1H3,(H,12,13). The van der Waals surface area contributed by atoms with Crippen LogP contribution in [0.1, 0.15) is 45.4 Å². The number of aliphatic hydroxyl groups excluding tert-OH is 1. The van der Waals surface area contributed by atoms with Crippen LogP contribution in [0.2, 0.25) is 0 Å². The molecule has 1 unspecified atom stereocenters. The maximum absolute atomic E-state index is 10.3. The van der Waals surface area contributed by atoms with E-state index < -0.39 is 5.97 Å². The Morgan fingerprint density at radius 1 is 1.31 bits per heavy atom. The number of rotatable bonds is 8. The summed E-state index contributed by atoms with van der Waals surface area (Å²) in [6.45, 7) is 2.14. The topological polar surface area (TPSA) is 57.5 Å². The monoisotopic (exact) mass is 188 g/mol. The van der Waals surface area contributed by atoms with Crippen LogP contribution < -0.4 is 0 Å². The van der Waals surface area contributed by atoms with Crippen molar-refractivity contribution in [2.75, 3.05) is 6.61 Å². The van der Waals surface area contributed by atoms with Crippen molar-refractivity contribution >= 4 is 5.97 Å². The van der Waals surface area contributed by atoms with Crippen molar-refractivity contribution in [3.8, 4) is 0 Å². The van der Waals surface area contributed by atoms with Crippen LogP contribution in [0.3, 0.4) is 0 Å². The Hall–Kier alpha value is -0.570. The summed E-state index contributed by atoms with van der Waals surface area (Å²) < 4.78 is 0. The zero-order valence-electron chi connectivity index (χ0n) is 8.33. The Labute approximate surface area is 79.8 Å². The number of unbranched alkanes of at least 4 members (excludes halogenated alkanes) is 3. The molecule has 1 atom stereocenters. The lowest BCUT2D eigenvalue weighted by molar-refractivity contribution is -0.138. The largest absolute Gasteiger partial charge is 0.481 e. The van der Waals surface area contributed by atoms with Crippen LogP contribution in [0.5, 0.6) is 0 Å². The molecular weight excluding hydrogens is 168 g/mol. The van der Waals surface area contributed by atoms with Crippen LogP contribution in [0.15, 0.2) is 0 Å². The summed E-state index contributed by atoms with van der Waals surface area (Å²) in [7, 11) is 0. The Kier molecular flexibility index (Phi) is 7.69. The van der Waals surface area contributed by atoms with Crippen LogP contribution in [0.25, 0.3) is 0 Å². The summed E-state index contributed by atoms with van der Waals surface area (Å²) in [5.74, 6) is -0.858. The zero-order valence-corrected chi connectivity index (χ0v) is 8.33. The zero-order chi connectivity index (χ0) is 10.1. The Balaban J connectivity index is 3.42. The smallest absolute Gasteiger partial charge is 0.303 e. The van der Waals surface area contributed by atoms with E-state index >= 15 is 0 Å². The molecule has 3 nitrogen and oxygen atoms in total. The van der Waals surface area contributed by atoms with Crippen molar-refractivity contribution in [2.45, 2.75) is 45.4 Å². The second kappa shape index (κ2) is 8.05. The minimum Gasteiger partial charge on any atom is -0.481 e. The van der Waals surface area contributed by atoms with Gasteiger partial charge in [0.1, 0.15) is 0 Å². The molecule has 0 saturated heterocycles. The lowest BCUT2D eigenvalue weighted by Crippen LogP contribution is -2.11. The van der Waals surface area contributed by atoms with Gasteiger partial charge in [-0.1, -0.05) is 32.6 Å². The normalized spacial score (nSPS) is 12.8. The molecule has 0 aliphatic rings. The number of carbonyl (C=O) groups is 1. The van der Waals surface area contributed by atoms with E-state index in [0.29, 0.717) is 0 Å². The van der Waals surface area contributed by atoms with Gasteiger partial charge < -0.3 is 10.2 Å². The fraction of sp³-hybridized carbons (Fsp3) is 0.900. The molecular formula is C10H20O3. The average molecular weight is 188 g/mol. The first kappa shape index (κ1) is 12.4. The SMILES string of the molecule is CCCCCCC(CO)CC(=O)O. The molecule has 0 aromatic rings. The number of carboxylic acids is 1. The summed E-state index contributed by atoms with van der Waals surface area (Å²) in [6, 6.07) is 0. The Morgan fingerprint density at radius 3 is 2.46 bits per heavy atom. The molecule has 13 heavy (non-hydrogen) atoms. The van der Waals surface area contributed by atoms with Crippen LogP contribution in [0, 0.1) is 5.92 Å². The molecule has 3 heteroatoms. The van der Waals surface area contributed by atoms with Gasteiger partial charge in [-0.2, -0.15) is 0 Å². The highest BCUT2D eigenvalue weighted by Gasteiger charge is 2.11. The molecule has 0 aromatic carbocycles. The first-order valence-corrected chi connectivity index (χ1v) is 5.03. The third kappa shape index (κ3) is 7.78. The van der Waals surface area contributed by atoms with E-state index in [-0.39, 0.29) is 18.9 Å². The number of aliphatic carboxylic acids is 1. The molecule has 0 bridgehead atoms. The van der Waals surface area contributed by atoms with Crippen molar-refractivity contribution in [1.82, 2.24) is 0 Å². The van der Waals surface area contributed by atoms with E-state index in [9.17, 15) is 4.79 Å². The molecule has 0 aromatic heterocycles. The second-order valence-corrected chi connectivity index (χ2v) is 3.50. The van der Waals surface area contributed by atoms with Gasteiger partial charge in [0.05, 0.1) is 6.42 Å². The van der Waals surface area contributed by atoms with Crippen LogP contribution in [0.4, 0.5) is 0 Å². The molecule has 0 saturated carbocycles.